The summed E-state index contributed by atoms with van der Waals surface area (Å²) in [5.74, 6) is 2.09. The van der Waals surface area contributed by atoms with Gasteiger partial charge in [-0.05, 0) is 205 Å². The Kier molecular flexibility index (Phi) is 22.7. The molecule has 1 spiro atoms. The Bertz CT molecular complexity index is 8880. The maximum Gasteiger partial charge on any atom is 0.160 e. The Balaban J connectivity index is 0.000000114. The van der Waals surface area contributed by atoms with E-state index in [0.717, 1.165) is 129 Å². The van der Waals surface area contributed by atoms with E-state index in [-0.39, 0.29) is 10.8 Å². The lowest BCUT2D eigenvalue weighted by molar-refractivity contribution is 0.660. The minimum absolute atomic E-state index is 0.0881. The van der Waals surface area contributed by atoms with Crippen LogP contribution in [0.1, 0.15) is 72.2 Å². The van der Waals surface area contributed by atoms with Gasteiger partial charge in [0.2, 0.25) is 0 Å². The lowest BCUT2D eigenvalue weighted by Gasteiger charge is -2.30. The van der Waals surface area contributed by atoms with Crippen LogP contribution in [0.25, 0.3) is 224 Å². The highest BCUT2D eigenvalue weighted by molar-refractivity contribution is 6.02. The Morgan fingerprint density at radius 2 is 0.503 bits per heavy atom. The summed E-state index contributed by atoms with van der Waals surface area (Å²) in [4.78, 5) is 44.9. The molecule has 0 fully saturated rings. The van der Waals surface area contributed by atoms with Crippen LogP contribution in [0, 0.1) is 0 Å². The average Bonchev–Trinajstić information content (AvgIpc) is 1.51. The molecule has 0 unspecified atom stereocenters. The van der Waals surface area contributed by atoms with Gasteiger partial charge in [-0.3, -0.25) is 15.0 Å². The summed E-state index contributed by atoms with van der Waals surface area (Å²) in [6.07, 6.45) is 7.41. The van der Waals surface area contributed by atoms with Crippen LogP contribution in [0.2, 0.25) is 0 Å². The average molecular weight is 1910 g/mol. The fourth-order valence-corrected chi connectivity index (χ4v) is 23.1. The molecule has 0 N–H and O–H groups in total. The predicted molar refractivity (Wildman–Crippen MR) is 610 cm³/mol. The molecule has 24 aromatic rings. The topological polar surface area (TPSA) is 116 Å². The van der Waals surface area contributed by atoms with Crippen molar-refractivity contribution in [2.75, 3.05) is 0 Å². The first kappa shape index (κ1) is 90.0. The third kappa shape index (κ3) is 16.2. The predicted octanol–water partition coefficient (Wildman–Crippen LogP) is 34.7. The minimum Gasteiger partial charge on any atom is -0.265 e. The summed E-state index contributed by atoms with van der Waals surface area (Å²) in [7, 11) is 0. The minimum atomic E-state index is -0.427. The fraction of sp³-hybridized carbons (Fsp3) is 0.0500. The molecule has 9 heteroatoms. The highest BCUT2D eigenvalue weighted by Crippen LogP contribution is 2.65. The van der Waals surface area contributed by atoms with E-state index in [1.54, 1.807) is 0 Å². The quantitative estimate of drug-likeness (QED) is 0.0989. The normalized spacial score (nSPS) is 12.9. The van der Waals surface area contributed by atoms with Gasteiger partial charge in [-0.1, -0.05) is 458 Å². The summed E-state index contributed by atoms with van der Waals surface area (Å²) in [5.41, 5.74) is 48.1. The largest absolute Gasteiger partial charge is 0.265 e. The van der Waals surface area contributed by atoms with Gasteiger partial charge in [-0.25, -0.2) is 29.9 Å². The van der Waals surface area contributed by atoms with Crippen LogP contribution in [0.3, 0.4) is 0 Å². The monoisotopic (exact) mass is 1900 g/mol. The first-order chi connectivity index (χ1) is 73.4. The molecule has 149 heavy (non-hydrogen) atoms. The molecule has 0 aliphatic heterocycles. The summed E-state index contributed by atoms with van der Waals surface area (Å²) >= 11 is 0. The number of fused-ring (bicyclic) bond motifs is 18. The van der Waals surface area contributed by atoms with Gasteiger partial charge in [-0.15, -0.1) is 0 Å². The molecule has 18 aromatic carbocycles. The molecule has 6 heterocycles. The number of hydrogen-bond donors (Lipinski definition) is 0. The maximum absolute atomic E-state index is 5.40. The zero-order valence-corrected chi connectivity index (χ0v) is 82.6. The standard InChI is InChI=1S/C52H33N3.C46H33N3.C42H31N3/c1-2-11-34(12-3-1)35-23-27-39(28-24-35)51-54-48(38-25-21-36(22-26-38)37-29-31-53-32-30-37)33-49(55-51)43-16-10-20-47-50(43)42-15-6-9-19-46(42)52(47)44-17-7-4-13-40(44)41-14-5-8-18-45(41)52;1-46(2)40-25-22-35(27-39(40)38-24-21-32-13-9-10-16-37(32)44(38)46)42-28-43(36-23-26-41(47-29-36)33-14-7-4-8-15-33)49-45(48-42)34-19-17-31(18-20-34)30-11-5-3-6-12-30;1-42(2)35-15-7-6-13-33(35)40-34(14-10-16-36(40)42)39-27-38(31-22-20-30(21-23-31)37-17-8-9-26-43-37)44-41(45-39)32-24-18-29(19-25-32)28-11-4-3-5-12-28/h1-33H;3-29H,1-2H3;3-27H,1-2H3. The number of aromatic nitrogens is 9. The highest BCUT2D eigenvalue weighted by Gasteiger charge is 2.52. The van der Waals surface area contributed by atoms with E-state index < -0.39 is 5.41 Å². The Morgan fingerprint density at radius 1 is 0.168 bits per heavy atom. The first-order valence-electron chi connectivity index (χ1n) is 50.9. The summed E-state index contributed by atoms with van der Waals surface area (Å²) in [5, 5.41) is 2.59. The summed E-state index contributed by atoms with van der Waals surface area (Å²) in [6, 6.07) is 174. The van der Waals surface area contributed by atoms with Crippen LogP contribution in [-0.4, -0.2) is 44.9 Å². The van der Waals surface area contributed by atoms with E-state index >= 15 is 0 Å². The van der Waals surface area contributed by atoms with Gasteiger partial charge in [-0.2, -0.15) is 0 Å². The van der Waals surface area contributed by atoms with Crippen LogP contribution < -0.4 is 0 Å². The van der Waals surface area contributed by atoms with Gasteiger partial charge in [0, 0.05) is 96.8 Å². The van der Waals surface area contributed by atoms with Crippen LogP contribution >= 0.6 is 0 Å². The van der Waals surface area contributed by atoms with Crippen molar-refractivity contribution in [2.24, 2.45) is 0 Å². The van der Waals surface area contributed by atoms with E-state index in [1.165, 1.54) is 122 Å². The SMILES string of the molecule is CC1(C)c2ccc(-c3cc(-c4ccc(-c5ccccc5)nc4)nc(-c4ccc(-c5ccccc5)cc4)n3)cc2-c2ccc3ccccc3c21.CC1(C)c2ccccc2-c2c(-c3cc(-c4ccc(-c5ccccn5)cc4)nc(-c4ccc(-c5ccccc5)cc4)n3)cccc21.c1ccc(-c2ccc(-c3nc(-c4ccc(-c5ccncc5)cc4)cc(-c4cccc5c4-c4ccccc4C54c5ccccc5-c5ccccc54)n3)cc2)cc1. The van der Waals surface area contributed by atoms with Gasteiger partial charge < -0.3 is 0 Å². The number of hydrogen-bond acceptors (Lipinski definition) is 9. The zero-order chi connectivity index (χ0) is 99.7. The van der Waals surface area contributed by atoms with E-state index in [9.17, 15) is 0 Å². The van der Waals surface area contributed by atoms with Crippen LogP contribution in [-0.2, 0) is 16.2 Å². The second-order valence-electron chi connectivity index (χ2n) is 39.7. The van der Waals surface area contributed by atoms with Crippen LogP contribution in [0.15, 0.2) is 516 Å². The Morgan fingerprint density at radius 3 is 1.00 bits per heavy atom. The smallest absolute Gasteiger partial charge is 0.160 e. The molecule has 702 valence electrons. The van der Waals surface area contributed by atoms with E-state index in [1.807, 2.05) is 91.5 Å². The van der Waals surface area contributed by atoms with Gasteiger partial charge >= 0.3 is 0 Å². The molecular formula is C140H97N9. The number of rotatable bonds is 15. The molecule has 6 aromatic heterocycles. The molecule has 0 bridgehead atoms. The molecule has 0 saturated carbocycles. The van der Waals surface area contributed by atoms with Crippen molar-refractivity contribution in [1.29, 1.82) is 0 Å². The molecule has 4 aliphatic carbocycles. The number of benzene rings is 18. The molecule has 0 saturated heterocycles. The third-order valence-electron chi connectivity index (χ3n) is 30.4. The van der Waals surface area contributed by atoms with Gasteiger partial charge in [0.05, 0.1) is 51.0 Å². The van der Waals surface area contributed by atoms with Gasteiger partial charge in [0.15, 0.2) is 17.5 Å². The zero-order valence-electron chi connectivity index (χ0n) is 82.6. The number of nitrogens with zero attached hydrogens (tertiary/aromatic N) is 9. The van der Waals surface area contributed by atoms with Crippen molar-refractivity contribution < 1.29 is 0 Å². The molecular weight excluding hydrogens is 1810 g/mol. The van der Waals surface area contributed by atoms with Crippen molar-refractivity contribution in [3.63, 3.8) is 0 Å². The lowest BCUT2D eigenvalue weighted by Crippen LogP contribution is -2.25. The fourth-order valence-electron chi connectivity index (χ4n) is 23.1. The molecule has 0 atom stereocenters. The highest BCUT2D eigenvalue weighted by atomic mass is 14.9. The van der Waals surface area contributed by atoms with Gasteiger partial charge in [0.1, 0.15) is 0 Å². The van der Waals surface area contributed by atoms with Crippen LogP contribution in [0.4, 0.5) is 0 Å². The van der Waals surface area contributed by atoms with Crippen molar-refractivity contribution >= 4 is 10.8 Å². The Labute approximate surface area is 867 Å². The summed E-state index contributed by atoms with van der Waals surface area (Å²) < 4.78 is 0. The van der Waals surface area contributed by atoms with Crippen molar-refractivity contribution in [2.45, 2.75) is 43.9 Å². The molecule has 0 amide bonds. The Hall–Kier alpha value is -19.1. The summed E-state index contributed by atoms with van der Waals surface area (Å²) in [6.45, 7) is 9.32. The molecule has 9 nitrogen and oxygen atoms in total. The molecule has 4 aliphatic rings. The first-order valence-corrected chi connectivity index (χ1v) is 50.9. The second-order valence-corrected chi connectivity index (χ2v) is 39.7. The molecule has 28 rings (SSSR count). The second kappa shape index (κ2) is 37.6. The lowest BCUT2D eigenvalue weighted by atomic mass is 9.70. The van der Waals surface area contributed by atoms with E-state index in [4.69, 9.17) is 34.9 Å². The third-order valence-corrected chi connectivity index (χ3v) is 30.4. The van der Waals surface area contributed by atoms with E-state index in [2.05, 4.69) is 462 Å². The van der Waals surface area contributed by atoms with Gasteiger partial charge in [0.25, 0.3) is 0 Å². The van der Waals surface area contributed by atoms with Crippen molar-refractivity contribution in [3.05, 3.63) is 561 Å². The van der Waals surface area contributed by atoms with E-state index in [0.29, 0.717) is 17.5 Å². The van der Waals surface area contributed by atoms with Crippen molar-refractivity contribution in [1.82, 2.24) is 44.9 Å². The van der Waals surface area contributed by atoms with Crippen LogP contribution in [0.5, 0.6) is 0 Å². The number of pyridine rings is 3. The van der Waals surface area contributed by atoms with Crippen molar-refractivity contribution in [3.8, 4) is 213 Å². The molecule has 0 radical (unpaired) electrons. The maximum atomic E-state index is 5.40.